The van der Waals surface area contributed by atoms with Crippen molar-refractivity contribution in [3.63, 3.8) is 0 Å². The lowest BCUT2D eigenvalue weighted by molar-refractivity contribution is 0.0159. The van der Waals surface area contributed by atoms with Crippen molar-refractivity contribution >= 4 is 33.7 Å². The first-order valence-electron chi connectivity index (χ1n) is 11.4. The van der Waals surface area contributed by atoms with Crippen molar-refractivity contribution in [3.05, 3.63) is 57.2 Å². The third-order valence-corrected chi connectivity index (χ3v) is 6.06. The second-order valence-corrected chi connectivity index (χ2v) is 10.4. The number of likely N-dealkylation sites (tertiary alicyclic amines) is 1. The maximum Gasteiger partial charge on any atom is 0.410 e. The summed E-state index contributed by atoms with van der Waals surface area (Å²) in [6, 6.07) is 7.44. The van der Waals surface area contributed by atoms with Crippen LogP contribution in [0.2, 0.25) is 0 Å². The Bertz CT molecular complexity index is 1050. The number of nitrogens with zero attached hydrogens (tertiary/aromatic N) is 2. The number of carbonyl (C=O) groups excluding carboxylic acids is 2. The van der Waals surface area contributed by atoms with Crippen LogP contribution in [-0.4, -0.2) is 52.7 Å². The normalized spacial score (nSPS) is 18.1. The maximum atomic E-state index is 13.0. The highest BCUT2D eigenvalue weighted by atomic mass is 79.9. The van der Waals surface area contributed by atoms with E-state index < -0.39 is 23.8 Å². The number of pyridine rings is 1. The van der Waals surface area contributed by atoms with Crippen LogP contribution in [0.1, 0.15) is 54.7 Å². The molecule has 1 saturated heterocycles. The Kier molecular flexibility index (Phi) is 8.20. The van der Waals surface area contributed by atoms with Crippen LogP contribution in [0.25, 0.3) is 0 Å². The number of amides is 2. The number of nitrogens with one attached hydrogen (secondary N) is 1. The number of nitrogen functional groups attached to an aromatic ring is 1. The molecule has 184 valence electrons. The third-order valence-electron chi connectivity index (χ3n) is 5.62. The molecule has 1 aromatic heterocycles. The summed E-state index contributed by atoms with van der Waals surface area (Å²) in [6.45, 7) is 10.6. The van der Waals surface area contributed by atoms with Gasteiger partial charge in [-0.1, -0.05) is 25.1 Å². The minimum absolute atomic E-state index is 0.131. The Hall–Kier alpha value is -2.65. The standard InChI is InChI=1S/C25H33BrN4O4/c1-6-17-9-16(8-7-15(17)2)14-33-21-13-30(24(32)34-25(3,4)5)12-20(21)29-23(31)19-10-18(26)11-28-22(19)27/h7-11,20-21H,6,12-14H2,1-5H3,(H2,27,28)(H,29,31)/t20-,21-/m0/s1. The van der Waals surface area contributed by atoms with E-state index in [4.69, 9.17) is 15.2 Å². The SMILES string of the molecule is CCc1cc(CO[C@H]2CN(C(=O)OC(C)(C)C)C[C@@H]2NC(=O)c2cc(Br)cnc2N)ccc1C. The van der Waals surface area contributed by atoms with Crippen LogP contribution in [0.5, 0.6) is 0 Å². The van der Waals surface area contributed by atoms with Gasteiger partial charge in [0.1, 0.15) is 11.4 Å². The van der Waals surface area contributed by atoms with Gasteiger partial charge in [-0.05, 0) is 72.8 Å². The zero-order valence-electron chi connectivity index (χ0n) is 20.4. The molecule has 0 saturated carbocycles. The van der Waals surface area contributed by atoms with Crippen LogP contribution in [0.15, 0.2) is 34.9 Å². The fraction of sp³-hybridized carbons (Fsp3) is 0.480. The number of nitrogens with two attached hydrogens (primary N) is 1. The Balaban J connectivity index is 1.76. The van der Waals surface area contributed by atoms with Gasteiger partial charge in [-0.25, -0.2) is 9.78 Å². The summed E-state index contributed by atoms with van der Waals surface area (Å²) in [5.74, 6) is -0.244. The minimum atomic E-state index is -0.621. The molecule has 2 aromatic rings. The van der Waals surface area contributed by atoms with Gasteiger partial charge in [-0.2, -0.15) is 0 Å². The highest BCUT2D eigenvalue weighted by molar-refractivity contribution is 9.10. The second-order valence-electron chi connectivity index (χ2n) is 9.52. The summed E-state index contributed by atoms with van der Waals surface area (Å²) < 4.78 is 12.4. The highest BCUT2D eigenvalue weighted by Crippen LogP contribution is 2.22. The summed E-state index contributed by atoms with van der Waals surface area (Å²) in [5, 5.41) is 2.97. The molecule has 1 aromatic carbocycles. The van der Waals surface area contributed by atoms with Crippen LogP contribution in [0, 0.1) is 6.92 Å². The van der Waals surface area contributed by atoms with Gasteiger partial charge in [0.05, 0.1) is 30.9 Å². The van der Waals surface area contributed by atoms with Crippen LogP contribution >= 0.6 is 15.9 Å². The average Bonchev–Trinajstić information content (AvgIpc) is 3.16. The molecular weight excluding hydrogens is 500 g/mol. The van der Waals surface area contributed by atoms with Gasteiger partial charge >= 0.3 is 6.09 Å². The molecule has 2 amide bonds. The molecule has 0 aliphatic carbocycles. The number of ether oxygens (including phenoxy) is 2. The quantitative estimate of drug-likeness (QED) is 0.576. The van der Waals surface area contributed by atoms with Gasteiger partial charge in [0, 0.05) is 17.2 Å². The van der Waals surface area contributed by atoms with Gasteiger partial charge in [-0.15, -0.1) is 0 Å². The fourth-order valence-corrected chi connectivity index (χ4v) is 4.16. The van der Waals surface area contributed by atoms with Crippen molar-refractivity contribution in [3.8, 4) is 0 Å². The summed E-state index contributed by atoms with van der Waals surface area (Å²) >= 11 is 3.32. The van der Waals surface area contributed by atoms with Gasteiger partial charge in [0.25, 0.3) is 5.91 Å². The van der Waals surface area contributed by atoms with E-state index in [1.807, 2.05) is 26.8 Å². The molecule has 1 fully saturated rings. The van der Waals surface area contributed by atoms with E-state index in [1.165, 1.54) is 17.3 Å². The van der Waals surface area contributed by atoms with Crippen LogP contribution < -0.4 is 11.1 Å². The van der Waals surface area contributed by atoms with Crippen molar-refractivity contribution in [1.29, 1.82) is 0 Å². The third kappa shape index (κ3) is 6.70. The smallest absolute Gasteiger partial charge is 0.410 e. The molecule has 9 heteroatoms. The molecular formula is C25H33BrN4O4. The Morgan fingerprint density at radius 3 is 2.68 bits per heavy atom. The van der Waals surface area contributed by atoms with Crippen LogP contribution in [-0.2, 0) is 22.5 Å². The molecule has 3 rings (SSSR count). The molecule has 3 N–H and O–H groups in total. The Morgan fingerprint density at radius 1 is 1.26 bits per heavy atom. The molecule has 0 unspecified atom stereocenters. The van der Waals surface area contributed by atoms with Crippen molar-refractivity contribution in [2.45, 2.75) is 65.4 Å². The molecule has 34 heavy (non-hydrogen) atoms. The summed E-state index contributed by atoms with van der Waals surface area (Å²) in [6.07, 6.45) is 1.62. The molecule has 0 bridgehead atoms. The number of hydrogen-bond acceptors (Lipinski definition) is 6. The molecule has 8 nitrogen and oxygen atoms in total. The molecule has 1 aliphatic rings. The number of carbonyl (C=O) groups is 2. The van der Waals surface area contributed by atoms with Crippen LogP contribution in [0.4, 0.5) is 10.6 Å². The molecule has 2 atom stereocenters. The van der Waals surface area contributed by atoms with E-state index >= 15 is 0 Å². The molecule has 0 spiro atoms. The van der Waals surface area contributed by atoms with E-state index in [2.05, 4.69) is 52.2 Å². The monoisotopic (exact) mass is 532 g/mol. The van der Waals surface area contributed by atoms with E-state index in [1.54, 1.807) is 11.0 Å². The summed E-state index contributed by atoms with van der Waals surface area (Å²) in [7, 11) is 0. The van der Waals surface area contributed by atoms with Gasteiger partial charge in [0.2, 0.25) is 0 Å². The van der Waals surface area contributed by atoms with Gasteiger partial charge in [0.15, 0.2) is 0 Å². The number of hydrogen-bond donors (Lipinski definition) is 2. The number of halogens is 1. The van der Waals surface area contributed by atoms with Gasteiger partial charge in [-0.3, -0.25) is 4.79 Å². The average molecular weight is 533 g/mol. The molecule has 2 heterocycles. The van der Waals surface area contributed by atoms with E-state index in [0.29, 0.717) is 17.6 Å². The first-order valence-corrected chi connectivity index (χ1v) is 12.2. The van der Waals surface area contributed by atoms with Gasteiger partial charge < -0.3 is 25.4 Å². The second kappa shape index (κ2) is 10.7. The van der Waals surface area contributed by atoms with E-state index in [9.17, 15) is 9.59 Å². The molecule has 0 radical (unpaired) electrons. The van der Waals surface area contributed by atoms with E-state index in [0.717, 1.165) is 12.0 Å². The fourth-order valence-electron chi connectivity index (χ4n) is 3.83. The number of benzene rings is 1. The number of anilines is 1. The summed E-state index contributed by atoms with van der Waals surface area (Å²) in [4.78, 5) is 31.3. The minimum Gasteiger partial charge on any atom is -0.444 e. The van der Waals surface area contributed by atoms with Crippen molar-refractivity contribution < 1.29 is 19.1 Å². The summed E-state index contributed by atoms with van der Waals surface area (Å²) in [5.41, 5.74) is 9.11. The molecule has 1 aliphatic heterocycles. The lowest BCUT2D eigenvalue weighted by atomic mass is 10.0. The Labute approximate surface area is 209 Å². The number of rotatable bonds is 6. The Morgan fingerprint density at radius 2 is 2.00 bits per heavy atom. The first-order chi connectivity index (χ1) is 16.0. The van der Waals surface area contributed by atoms with Crippen molar-refractivity contribution in [2.75, 3.05) is 18.8 Å². The zero-order chi connectivity index (χ0) is 25.0. The predicted molar refractivity (Wildman–Crippen MR) is 135 cm³/mol. The lowest BCUT2D eigenvalue weighted by Gasteiger charge is -2.24. The zero-order valence-corrected chi connectivity index (χ0v) is 21.9. The lowest BCUT2D eigenvalue weighted by Crippen LogP contribution is -2.44. The maximum absolute atomic E-state index is 13.0. The predicted octanol–water partition coefficient (Wildman–Crippen LogP) is 4.23. The largest absolute Gasteiger partial charge is 0.444 e. The van der Waals surface area contributed by atoms with Crippen molar-refractivity contribution in [2.24, 2.45) is 0 Å². The topological polar surface area (TPSA) is 107 Å². The number of aromatic nitrogens is 1. The van der Waals surface area contributed by atoms with Crippen LogP contribution in [0.3, 0.4) is 0 Å². The first kappa shape index (κ1) is 26.0. The highest BCUT2D eigenvalue weighted by Gasteiger charge is 2.39. The van der Waals surface area contributed by atoms with Crippen molar-refractivity contribution in [1.82, 2.24) is 15.2 Å². The van der Waals surface area contributed by atoms with E-state index in [-0.39, 0.29) is 23.8 Å². The number of aryl methyl sites for hydroxylation is 2.